The van der Waals surface area contributed by atoms with Gasteiger partial charge in [0.15, 0.2) is 5.65 Å². The maximum Gasteiger partial charge on any atom is 0.155 e. The van der Waals surface area contributed by atoms with Crippen LogP contribution in [0.25, 0.3) is 33.5 Å². The highest BCUT2D eigenvalue weighted by Gasteiger charge is 2.33. The first-order valence-corrected chi connectivity index (χ1v) is 9.21. The first-order chi connectivity index (χ1) is 14.1. The van der Waals surface area contributed by atoms with Crippen molar-refractivity contribution in [2.75, 3.05) is 13.7 Å². The average Bonchev–Trinajstić information content (AvgIpc) is 3.30. The van der Waals surface area contributed by atoms with Gasteiger partial charge in [-0.2, -0.15) is 10.2 Å². The molecule has 0 amide bonds. The predicted molar refractivity (Wildman–Crippen MR) is 103 cm³/mol. The third-order valence-electron chi connectivity index (χ3n) is 5.27. The molecule has 0 saturated carbocycles. The first kappa shape index (κ1) is 17.9. The van der Waals surface area contributed by atoms with E-state index in [4.69, 9.17) is 14.6 Å². The predicted octanol–water partition coefficient (Wildman–Crippen LogP) is 2.96. The molecule has 0 spiro atoms. The lowest BCUT2D eigenvalue weighted by Gasteiger charge is -2.25. The van der Waals surface area contributed by atoms with E-state index in [-0.39, 0.29) is 0 Å². The van der Waals surface area contributed by atoms with Crippen molar-refractivity contribution >= 4 is 11.0 Å². The number of aromatic amines is 1. The second-order valence-corrected chi connectivity index (χ2v) is 7.33. The Hall–Kier alpha value is -3.17. The Morgan fingerprint density at radius 2 is 2.14 bits per heavy atom. The molecule has 0 saturated heterocycles. The molecule has 5 heterocycles. The van der Waals surface area contributed by atoms with E-state index < -0.39 is 11.4 Å². The van der Waals surface area contributed by atoms with Gasteiger partial charge in [-0.15, -0.1) is 0 Å². The highest BCUT2D eigenvalue weighted by Crippen LogP contribution is 2.38. The topological polar surface area (TPSA) is 90.7 Å². The SMILES string of the molecule is COC1(C)COCc2c(-c3ccnc4[nH]ncc34)c(-c3ccc(F)cn3)nn2C1. The summed E-state index contributed by atoms with van der Waals surface area (Å²) >= 11 is 0. The number of ether oxygens (including phenoxy) is 2. The van der Waals surface area contributed by atoms with Crippen LogP contribution in [0.15, 0.2) is 36.8 Å². The quantitative estimate of drug-likeness (QED) is 0.575. The molecule has 4 aromatic rings. The van der Waals surface area contributed by atoms with Gasteiger partial charge in [0.2, 0.25) is 0 Å². The number of hydrogen-bond acceptors (Lipinski definition) is 6. The van der Waals surface area contributed by atoms with E-state index in [9.17, 15) is 4.39 Å². The van der Waals surface area contributed by atoms with Gasteiger partial charge in [-0.1, -0.05) is 0 Å². The maximum absolute atomic E-state index is 13.5. The van der Waals surface area contributed by atoms with Gasteiger partial charge >= 0.3 is 0 Å². The van der Waals surface area contributed by atoms with Crippen LogP contribution < -0.4 is 0 Å². The van der Waals surface area contributed by atoms with Gasteiger partial charge < -0.3 is 9.47 Å². The Labute approximate surface area is 165 Å². The number of nitrogens with zero attached hydrogens (tertiary/aromatic N) is 5. The third-order valence-corrected chi connectivity index (χ3v) is 5.27. The molecular formula is C20H19FN6O2. The fraction of sp³-hybridized carbons (Fsp3) is 0.300. The van der Waals surface area contributed by atoms with Gasteiger partial charge in [-0.25, -0.2) is 9.37 Å². The normalized spacial score (nSPS) is 19.3. The molecule has 1 atom stereocenters. The number of nitrogens with one attached hydrogen (secondary N) is 1. The molecule has 0 aliphatic carbocycles. The van der Waals surface area contributed by atoms with Crippen molar-refractivity contribution in [1.29, 1.82) is 0 Å². The minimum atomic E-state index is -0.509. The van der Waals surface area contributed by atoms with Crippen LogP contribution in [0.3, 0.4) is 0 Å². The summed E-state index contributed by atoms with van der Waals surface area (Å²) in [7, 11) is 1.67. The van der Waals surface area contributed by atoms with E-state index in [0.29, 0.717) is 36.8 Å². The first-order valence-electron chi connectivity index (χ1n) is 9.21. The zero-order chi connectivity index (χ0) is 20.0. The van der Waals surface area contributed by atoms with Gasteiger partial charge in [0.1, 0.15) is 17.1 Å². The number of H-pyrrole nitrogens is 1. The molecule has 0 radical (unpaired) electrons. The molecule has 0 bridgehead atoms. The van der Waals surface area contributed by atoms with Gasteiger partial charge in [-0.3, -0.25) is 14.8 Å². The van der Waals surface area contributed by atoms with Crippen LogP contribution in [-0.2, 0) is 22.6 Å². The number of halogens is 1. The number of fused-ring (bicyclic) bond motifs is 2. The average molecular weight is 394 g/mol. The molecule has 1 aliphatic heterocycles. The Balaban J connectivity index is 1.78. The van der Waals surface area contributed by atoms with E-state index in [1.165, 1.54) is 12.3 Å². The van der Waals surface area contributed by atoms with Crippen LogP contribution >= 0.6 is 0 Å². The second-order valence-electron chi connectivity index (χ2n) is 7.33. The van der Waals surface area contributed by atoms with Crippen LogP contribution in [0.5, 0.6) is 0 Å². The molecule has 4 aromatic heterocycles. The van der Waals surface area contributed by atoms with Gasteiger partial charge in [0.05, 0.1) is 43.5 Å². The molecule has 0 fully saturated rings. The van der Waals surface area contributed by atoms with E-state index >= 15 is 0 Å². The van der Waals surface area contributed by atoms with Gasteiger partial charge in [0, 0.05) is 29.8 Å². The highest BCUT2D eigenvalue weighted by atomic mass is 19.1. The molecule has 1 unspecified atom stereocenters. The van der Waals surface area contributed by atoms with E-state index in [0.717, 1.165) is 22.2 Å². The molecule has 9 heteroatoms. The van der Waals surface area contributed by atoms with Crippen LogP contribution in [0.4, 0.5) is 4.39 Å². The number of pyridine rings is 2. The highest BCUT2D eigenvalue weighted by molar-refractivity contribution is 5.97. The van der Waals surface area contributed by atoms with Crippen LogP contribution in [0.1, 0.15) is 12.6 Å². The summed E-state index contributed by atoms with van der Waals surface area (Å²) in [5, 5.41) is 12.7. The standard InChI is InChI=1S/C20H19FN6O2/c1-20(28-2)10-27-16(9-29-11-20)17(13-5-6-22-19-14(13)8-24-25-19)18(26-27)15-4-3-12(21)7-23-15/h3-8H,9-11H2,1-2H3,(H,22,24,25). The van der Waals surface area contributed by atoms with Crippen molar-refractivity contribution in [1.82, 2.24) is 29.9 Å². The largest absolute Gasteiger partial charge is 0.374 e. The van der Waals surface area contributed by atoms with Crippen LogP contribution in [0.2, 0.25) is 0 Å². The summed E-state index contributed by atoms with van der Waals surface area (Å²) in [6.45, 7) is 3.32. The third kappa shape index (κ3) is 2.99. The molecule has 1 N–H and O–H groups in total. The van der Waals surface area contributed by atoms with E-state index in [2.05, 4.69) is 20.2 Å². The van der Waals surface area contributed by atoms with Crippen LogP contribution in [-0.4, -0.2) is 49.3 Å². The van der Waals surface area contributed by atoms with Crippen molar-refractivity contribution in [3.05, 3.63) is 48.3 Å². The van der Waals surface area contributed by atoms with E-state index in [1.807, 2.05) is 17.7 Å². The lowest BCUT2D eigenvalue weighted by atomic mass is 9.99. The lowest BCUT2D eigenvalue weighted by molar-refractivity contribution is -0.0678. The minimum Gasteiger partial charge on any atom is -0.374 e. The summed E-state index contributed by atoms with van der Waals surface area (Å²) in [4.78, 5) is 8.59. The van der Waals surface area contributed by atoms with Crippen molar-refractivity contribution < 1.29 is 13.9 Å². The maximum atomic E-state index is 13.5. The number of hydrogen-bond donors (Lipinski definition) is 1. The zero-order valence-electron chi connectivity index (χ0n) is 16.0. The summed E-state index contributed by atoms with van der Waals surface area (Å²) in [5.74, 6) is -0.396. The molecule has 148 valence electrons. The molecule has 8 nitrogen and oxygen atoms in total. The molecular weight excluding hydrogens is 375 g/mol. The molecule has 29 heavy (non-hydrogen) atoms. The Bertz CT molecular complexity index is 1190. The summed E-state index contributed by atoms with van der Waals surface area (Å²) in [5.41, 5.74) is 4.09. The Kier molecular flexibility index (Phi) is 4.14. The Morgan fingerprint density at radius 1 is 1.24 bits per heavy atom. The lowest BCUT2D eigenvalue weighted by Crippen LogP contribution is -2.36. The summed E-state index contributed by atoms with van der Waals surface area (Å²) in [6, 6.07) is 4.93. The summed E-state index contributed by atoms with van der Waals surface area (Å²) in [6.07, 6.45) is 4.65. The molecule has 1 aliphatic rings. The van der Waals surface area contributed by atoms with Crippen molar-refractivity contribution in [2.24, 2.45) is 0 Å². The number of aromatic nitrogens is 6. The Morgan fingerprint density at radius 3 is 2.93 bits per heavy atom. The van der Waals surface area contributed by atoms with Crippen molar-refractivity contribution in [2.45, 2.75) is 25.7 Å². The monoisotopic (exact) mass is 394 g/mol. The fourth-order valence-corrected chi connectivity index (χ4v) is 3.67. The summed E-state index contributed by atoms with van der Waals surface area (Å²) < 4.78 is 27.0. The fourth-order valence-electron chi connectivity index (χ4n) is 3.67. The minimum absolute atomic E-state index is 0.365. The van der Waals surface area contributed by atoms with Gasteiger partial charge in [-0.05, 0) is 25.1 Å². The van der Waals surface area contributed by atoms with Crippen molar-refractivity contribution in [3.63, 3.8) is 0 Å². The molecule has 0 aromatic carbocycles. The van der Waals surface area contributed by atoms with Gasteiger partial charge in [0.25, 0.3) is 0 Å². The zero-order valence-corrected chi connectivity index (χ0v) is 16.0. The number of rotatable bonds is 3. The van der Waals surface area contributed by atoms with Crippen LogP contribution in [0, 0.1) is 5.82 Å². The second kappa shape index (κ2) is 6.71. The molecule has 5 rings (SSSR count). The smallest absolute Gasteiger partial charge is 0.155 e. The van der Waals surface area contributed by atoms with Crippen molar-refractivity contribution in [3.8, 4) is 22.5 Å². The number of methoxy groups -OCH3 is 1. The van der Waals surface area contributed by atoms with E-state index in [1.54, 1.807) is 25.6 Å².